The molecule has 144 valence electrons. The number of anilines is 1. The average molecular weight is 408 g/mol. The normalized spacial score (nSPS) is 11.2. The number of benzene rings is 2. The van der Waals surface area contributed by atoms with Crippen LogP contribution in [0.5, 0.6) is 11.5 Å². The molecule has 1 amide bonds. The zero-order chi connectivity index (χ0) is 20.3. The Morgan fingerprint density at radius 2 is 1.61 bits per heavy atom. The molecule has 0 saturated carbocycles. The van der Waals surface area contributed by atoms with Gasteiger partial charge in [-0.2, -0.15) is 13.2 Å². The number of hydrogen-bond donors (Lipinski definition) is 1. The third-order valence-electron chi connectivity index (χ3n) is 3.69. The number of carbonyl (C=O) groups excluding carboxylic acids is 1. The molecule has 28 heavy (non-hydrogen) atoms. The van der Waals surface area contributed by atoms with Crippen LogP contribution in [0.4, 0.5) is 18.9 Å². The maximum atomic E-state index is 12.6. The first-order valence-corrected chi connectivity index (χ1v) is 8.36. The molecule has 1 heterocycles. The van der Waals surface area contributed by atoms with E-state index in [0.717, 1.165) is 12.1 Å². The van der Waals surface area contributed by atoms with Gasteiger partial charge < -0.3 is 10.1 Å². The summed E-state index contributed by atoms with van der Waals surface area (Å²) < 4.78 is 43.2. The van der Waals surface area contributed by atoms with Crippen molar-refractivity contribution < 1.29 is 22.7 Å². The van der Waals surface area contributed by atoms with Crippen LogP contribution in [0.25, 0.3) is 0 Å². The molecule has 0 unspecified atom stereocenters. The van der Waals surface area contributed by atoms with E-state index < -0.39 is 17.6 Å². The minimum absolute atomic E-state index is 0.0314. The van der Waals surface area contributed by atoms with E-state index in [0.29, 0.717) is 17.0 Å². The van der Waals surface area contributed by atoms with Gasteiger partial charge in [0.25, 0.3) is 5.91 Å². The second kappa shape index (κ2) is 7.85. The summed E-state index contributed by atoms with van der Waals surface area (Å²) in [4.78, 5) is 20.0. The largest absolute Gasteiger partial charge is 0.457 e. The van der Waals surface area contributed by atoms with Crippen molar-refractivity contribution >= 4 is 23.2 Å². The molecule has 9 heteroatoms. The van der Waals surface area contributed by atoms with E-state index in [-0.39, 0.29) is 16.7 Å². The van der Waals surface area contributed by atoms with Gasteiger partial charge >= 0.3 is 6.18 Å². The molecule has 0 bridgehead atoms. The maximum Gasteiger partial charge on any atom is 0.416 e. The lowest BCUT2D eigenvalue weighted by molar-refractivity contribution is -0.137. The first-order chi connectivity index (χ1) is 13.2. The summed E-state index contributed by atoms with van der Waals surface area (Å²) in [7, 11) is 0. The molecule has 2 aromatic carbocycles. The minimum Gasteiger partial charge on any atom is -0.457 e. The van der Waals surface area contributed by atoms with Gasteiger partial charge in [0.1, 0.15) is 17.2 Å². The Hall–Kier alpha value is -3.13. The van der Waals surface area contributed by atoms with Gasteiger partial charge in [-0.1, -0.05) is 0 Å². The third-order valence-corrected chi connectivity index (χ3v) is 3.87. The van der Waals surface area contributed by atoms with Crippen LogP contribution in [0.2, 0.25) is 5.28 Å². The molecule has 0 spiro atoms. The van der Waals surface area contributed by atoms with Gasteiger partial charge in [-0.05, 0) is 72.6 Å². The molecule has 0 aliphatic carbocycles. The van der Waals surface area contributed by atoms with Crippen LogP contribution in [0.3, 0.4) is 0 Å². The smallest absolute Gasteiger partial charge is 0.416 e. The number of rotatable bonds is 4. The molecule has 0 atom stereocenters. The first kappa shape index (κ1) is 19.6. The van der Waals surface area contributed by atoms with Crippen LogP contribution in [0.15, 0.2) is 54.7 Å². The van der Waals surface area contributed by atoms with Crippen LogP contribution in [-0.2, 0) is 6.18 Å². The number of aryl methyl sites for hydroxylation is 1. The lowest BCUT2D eigenvalue weighted by atomic mass is 10.2. The Bertz CT molecular complexity index is 991. The van der Waals surface area contributed by atoms with Crippen molar-refractivity contribution in [1.82, 2.24) is 9.97 Å². The first-order valence-electron chi connectivity index (χ1n) is 7.98. The summed E-state index contributed by atoms with van der Waals surface area (Å²) in [5, 5.41) is 2.64. The fourth-order valence-corrected chi connectivity index (χ4v) is 2.43. The molecule has 0 saturated heterocycles. The van der Waals surface area contributed by atoms with Crippen molar-refractivity contribution in [3.8, 4) is 11.5 Å². The van der Waals surface area contributed by atoms with E-state index in [1.54, 1.807) is 31.2 Å². The summed E-state index contributed by atoms with van der Waals surface area (Å²) in [6.07, 6.45) is -2.95. The third kappa shape index (κ3) is 4.77. The maximum absolute atomic E-state index is 12.6. The van der Waals surface area contributed by atoms with Gasteiger partial charge in [0, 0.05) is 11.9 Å². The van der Waals surface area contributed by atoms with Gasteiger partial charge in [0.2, 0.25) is 5.28 Å². The second-order valence-corrected chi connectivity index (χ2v) is 6.11. The van der Waals surface area contributed by atoms with Gasteiger partial charge in [-0.15, -0.1) is 0 Å². The van der Waals surface area contributed by atoms with Crippen molar-refractivity contribution in [2.45, 2.75) is 13.1 Å². The number of ether oxygens (including phenoxy) is 1. The SMILES string of the molecule is Cc1cnc(Cl)nc1C(=O)Nc1ccc(Oc2ccc(C(F)(F)F)cc2)cc1. The summed E-state index contributed by atoms with van der Waals surface area (Å²) in [5.74, 6) is 0.216. The van der Waals surface area contributed by atoms with Crippen LogP contribution >= 0.6 is 11.6 Å². The molecular formula is C19H13ClF3N3O2. The zero-order valence-corrected chi connectivity index (χ0v) is 15.2. The summed E-state index contributed by atoms with van der Waals surface area (Å²) >= 11 is 5.72. The van der Waals surface area contributed by atoms with Crippen molar-refractivity contribution in [1.29, 1.82) is 0 Å². The predicted molar refractivity (Wildman–Crippen MR) is 97.7 cm³/mol. The number of hydrogen-bond acceptors (Lipinski definition) is 4. The molecule has 0 radical (unpaired) electrons. The number of nitrogens with zero attached hydrogens (tertiary/aromatic N) is 2. The molecule has 0 aliphatic heterocycles. The van der Waals surface area contributed by atoms with Crippen LogP contribution < -0.4 is 10.1 Å². The van der Waals surface area contributed by atoms with E-state index in [2.05, 4.69) is 15.3 Å². The Labute approximate surface area is 163 Å². The Morgan fingerprint density at radius 1 is 1.04 bits per heavy atom. The second-order valence-electron chi connectivity index (χ2n) is 5.77. The zero-order valence-electron chi connectivity index (χ0n) is 14.4. The van der Waals surface area contributed by atoms with Crippen LogP contribution in [0, 0.1) is 6.92 Å². The number of nitrogens with one attached hydrogen (secondary N) is 1. The van der Waals surface area contributed by atoms with Crippen LogP contribution in [-0.4, -0.2) is 15.9 Å². The Morgan fingerprint density at radius 3 is 2.18 bits per heavy atom. The highest BCUT2D eigenvalue weighted by Gasteiger charge is 2.30. The molecular weight excluding hydrogens is 395 g/mol. The quantitative estimate of drug-likeness (QED) is 0.580. The number of alkyl halides is 3. The Kier molecular flexibility index (Phi) is 5.51. The predicted octanol–water partition coefficient (Wildman–Crippen LogP) is 5.50. The minimum atomic E-state index is -4.40. The lowest BCUT2D eigenvalue weighted by Crippen LogP contribution is -2.15. The van der Waals surface area contributed by atoms with Crippen molar-refractivity contribution in [2.75, 3.05) is 5.32 Å². The molecule has 1 N–H and O–H groups in total. The van der Waals surface area contributed by atoms with E-state index in [1.807, 2.05) is 0 Å². The number of amides is 1. The van der Waals surface area contributed by atoms with Crippen LogP contribution in [0.1, 0.15) is 21.6 Å². The van der Waals surface area contributed by atoms with E-state index >= 15 is 0 Å². The topological polar surface area (TPSA) is 64.1 Å². The van der Waals surface area contributed by atoms with E-state index in [4.69, 9.17) is 16.3 Å². The van der Waals surface area contributed by atoms with Gasteiger partial charge in [-0.3, -0.25) is 4.79 Å². The van der Waals surface area contributed by atoms with Crippen molar-refractivity contribution in [3.05, 3.63) is 76.8 Å². The monoisotopic (exact) mass is 407 g/mol. The van der Waals surface area contributed by atoms with Crippen molar-refractivity contribution in [2.24, 2.45) is 0 Å². The fourth-order valence-electron chi connectivity index (χ4n) is 2.30. The molecule has 3 aromatic rings. The van der Waals surface area contributed by atoms with Gasteiger partial charge in [-0.25, -0.2) is 9.97 Å². The average Bonchev–Trinajstić information content (AvgIpc) is 2.65. The highest BCUT2D eigenvalue weighted by molar-refractivity contribution is 6.28. The van der Waals surface area contributed by atoms with Gasteiger partial charge in [0.15, 0.2) is 0 Å². The van der Waals surface area contributed by atoms with E-state index in [9.17, 15) is 18.0 Å². The standard InChI is InChI=1S/C19H13ClF3N3O2/c1-11-10-24-18(20)26-16(11)17(27)25-13-4-8-15(9-5-13)28-14-6-2-12(3-7-14)19(21,22)23/h2-10H,1H3,(H,25,27). The summed E-state index contributed by atoms with van der Waals surface area (Å²) in [5.41, 5.74) is 0.464. The number of carbonyl (C=O) groups is 1. The molecule has 5 nitrogen and oxygen atoms in total. The number of aromatic nitrogens is 2. The molecule has 1 aromatic heterocycles. The Balaban J connectivity index is 1.66. The van der Waals surface area contributed by atoms with Gasteiger partial charge in [0.05, 0.1) is 5.56 Å². The summed E-state index contributed by atoms with van der Waals surface area (Å²) in [6.45, 7) is 1.69. The fraction of sp³-hybridized carbons (Fsp3) is 0.105. The van der Waals surface area contributed by atoms with Crippen molar-refractivity contribution in [3.63, 3.8) is 0 Å². The number of halogens is 4. The molecule has 0 fully saturated rings. The highest BCUT2D eigenvalue weighted by Crippen LogP contribution is 2.31. The summed E-state index contributed by atoms with van der Waals surface area (Å²) in [6, 6.07) is 10.7. The van der Waals surface area contributed by atoms with E-state index in [1.165, 1.54) is 18.3 Å². The lowest BCUT2D eigenvalue weighted by Gasteiger charge is -2.10. The highest BCUT2D eigenvalue weighted by atomic mass is 35.5. The molecule has 0 aliphatic rings. The molecule has 3 rings (SSSR count).